The lowest BCUT2D eigenvalue weighted by atomic mass is 9.71. The summed E-state index contributed by atoms with van der Waals surface area (Å²) in [4.78, 5) is 44.8. The van der Waals surface area contributed by atoms with Gasteiger partial charge in [0.15, 0.2) is 0 Å². The number of ether oxygens (including phenoxy) is 1. The molecule has 208 valence electrons. The number of amides is 2. The molecule has 1 aromatic carbocycles. The predicted molar refractivity (Wildman–Crippen MR) is 147 cm³/mol. The first-order valence-electron chi connectivity index (χ1n) is 13.5. The first kappa shape index (κ1) is 27.4. The fraction of sp³-hybridized carbons (Fsp3) is 0.536. The van der Waals surface area contributed by atoms with Crippen LogP contribution in [0.3, 0.4) is 0 Å². The minimum atomic E-state index is -0.759. The first-order chi connectivity index (χ1) is 19.0. The van der Waals surface area contributed by atoms with Crippen molar-refractivity contribution < 1.29 is 24.2 Å². The molecule has 4 heterocycles. The summed E-state index contributed by atoms with van der Waals surface area (Å²) in [6.07, 6.45) is 6.62. The number of para-hydroxylation sites is 1. The molecule has 1 N–H and O–H groups in total. The van der Waals surface area contributed by atoms with E-state index in [-0.39, 0.29) is 56.0 Å². The van der Waals surface area contributed by atoms with Gasteiger partial charge >= 0.3 is 5.97 Å². The Kier molecular flexibility index (Phi) is 8.08. The molecule has 3 aliphatic rings. The van der Waals surface area contributed by atoms with Crippen LogP contribution in [-0.2, 0) is 25.8 Å². The van der Waals surface area contributed by atoms with Crippen molar-refractivity contribution in [3.8, 4) is 0 Å². The Bertz CT molecular complexity index is 1270. The zero-order valence-corrected chi connectivity index (χ0v) is 22.8. The van der Waals surface area contributed by atoms with E-state index in [1.165, 1.54) is 0 Å². The number of unbranched alkanes of at least 4 members (excludes halogenated alkanes) is 1. The molecule has 0 aliphatic carbocycles. The van der Waals surface area contributed by atoms with Crippen molar-refractivity contribution in [1.29, 1.82) is 0 Å². The number of benzene rings is 1. The van der Waals surface area contributed by atoms with Crippen molar-refractivity contribution in [1.82, 2.24) is 24.8 Å². The van der Waals surface area contributed by atoms with Crippen molar-refractivity contribution >= 4 is 40.6 Å². The number of carbonyl (C=O) groups excluding carboxylic acids is 3. The molecule has 39 heavy (non-hydrogen) atoms. The van der Waals surface area contributed by atoms with Crippen molar-refractivity contribution in [2.75, 3.05) is 26.3 Å². The number of carbonyl (C=O) groups is 3. The number of aliphatic hydroxyl groups is 1. The number of thioether (sulfide) groups is 1. The number of aliphatic hydroxyl groups excluding tert-OH is 1. The second kappa shape index (κ2) is 11.5. The number of nitrogens with zero attached hydrogens (tertiary/aromatic N) is 5. The molecule has 0 radical (unpaired) electrons. The average Bonchev–Trinajstić information content (AvgIpc) is 3.69. The Morgan fingerprint density at radius 3 is 2.85 bits per heavy atom. The number of rotatable bonds is 13. The van der Waals surface area contributed by atoms with Crippen LogP contribution in [0.25, 0.3) is 11.0 Å². The molecule has 2 unspecified atom stereocenters. The summed E-state index contributed by atoms with van der Waals surface area (Å²) in [6.45, 7) is 8.37. The Balaban J connectivity index is 1.45. The Labute approximate surface area is 232 Å². The number of hydrogen-bond donors (Lipinski definition) is 1. The Morgan fingerprint density at radius 2 is 2.08 bits per heavy atom. The molecule has 1 aromatic heterocycles. The van der Waals surface area contributed by atoms with Gasteiger partial charge in [-0.2, -0.15) is 0 Å². The second-order valence-electron chi connectivity index (χ2n) is 10.3. The summed E-state index contributed by atoms with van der Waals surface area (Å²) in [5.41, 5.74) is 1.52. The molecule has 3 fully saturated rings. The Hall–Kier alpha value is -3.18. The van der Waals surface area contributed by atoms with Crippen LogP contribution in [0.4, 0.5) is 0 Å². The monoisotopic (exact) mass is 553 g/mol. The fourth-order valence-corrected chi connectivity index (χ4v) is 8.61. The third kappa shape index (κ3) is 4.75. The van der Waals surface area contributed by atoms with Crippen molar-refractivity contribution in [3.05, 3.63) is 49.6 Å². The summed E-state index contributed by atoms with van der Waals surface area (Å²) in [5, 5.41) is 18.0. The number of likely N-dealkylation sites (tertiary alicyclic amines) is 1. The predicted octanol–water partition coefficient (Wildman–Crippen LogP) is 2.39. The molecule has 11 heteroatoms. The molecule has 2 amide bonds. The highest BCUT2D eigenvalue weighted by Gasteiger charge is 2.74. The van der Waals surface area contributed by atoms with Crippen LogP contribution in [0.2, 0.25) is 0 Å². The molecule has 2 bridgehead atoms. The van der Waals surface area contributed by atoms with Crippen LogP contribution in [0.5, 0.6) is 0 Å². The zero-order valence-electron chi connectivity index (χ0n) is 22.0. The summed E-state index contributed by atoms with van der Waals surface area (Å²) >= 11 is 1.60. The highest BCUT2D eigenvalue weighted by molar-refractivity contribution is 8.02. The van der Waals surface area contributed by atoms with Crippen LogP contribution in [0, 0.1) is 11.8 Å². The third-order valence-electron chi connectivity index (χ3n) is 8.05. The minimum absolute atomic E-state index is 0.0618. The number of aromatic nitrogens is 3. The summed E-state index contributed by atoms with van der Waals surface area (Å²) in [5.74, 6) is -1.98. The zero-order chi connectivity index (χ0) is 27.6. The van der Waals surface area contributed by atoms with Gasteiger partial charge in [-0.3, -0.25) is 14.4 Å². The molecule has 10 nitrogen and oxygen atoms in total. The minimum Gasteiger partial charge on any atom is -0.465 e. The van der Waals surface area contributed by atoms with E-state index in [1.807, 2.05) is 24.3 Å². The van der Waals surface area contributed by atoms with Gasteiger partial charge in [0.25, 0.3) is 0 Å². The summed E-state index contributed by atoms with van der Waals surface area (Å²) in [7, 11) is 0. The van der Waals surface area contributed by atoms with E-state index >= 15 is 0 Å². The van der Waals surface area contributed by atoms with Crippen molar-refractivity contribution in [3.63, 3.8) is 0 Å². The number of esters is 1. The molecule has 5 atom stereocenters. The lowest BCUT2D eigenvalue weighted by Gasteiger charge is -2.37. The standard InChI is InChI=1S/C28H35N5O5S/c1-3-5-8-17-38-27(37)22-21-12-13-28(39-21)23(22)25(35)32(15-9-16-34)24(28)26(36)31(14-4-2)18-33-20-11-7-6-10-19(20)29-30-33/h3-4,6-7,10-11,21-24,34H,1-2,5,8-9,12-18H2/t21-,22+,23-,24?,28?/m0/s1. The van der Waals surface area contributed by atoms with Crippen LogP contribution < -0.4 is 0 Å². The van der Waals surface area contributed by atoms with Gasteiger partial charge < -0.3 is 19.6 Å². The lowest BCUT2D eigenvalue weighted by molar-refractivity contribution is -0.154. The van der Waals surface area contributed by atoms with Crippen LogP contribution in [0.1, 0.15) is 32.1 Å². The normalized spacial score (nSPS) is 27.1. The van der Waals surface area contributed by atoms with Crippen molar-refractivity contribution in [2.24, 2.45) is 11.8 Å². The van der Waals surface area contributed by atoms with Crippen LogP contribution in [0.15, 0.2) is 49.6 Å². The lowest BCUT2D eigenvalue weighted by Crippen LogP contribution is -2.55. The number of hydrogen-bond acceptors (Lipinski definition) is 8. The average molecular weight is 554 g/mol. The maximum Gasteiger partial charge on any atom is 0.310 e. The van der Waals surface area contributed by atoms with E-state index in [0.29, 0.717) is 19.3 Å². The largest absolute Gasteiger partial charge is 0.465 e. The molecule has 3 aliphatic heterocycles. The topological polar surface area (TPSA) is 118 Å². The quantitative estimate of drug-likeness (QED) is 0.228. The van der Waals surface area contributed by atoms with Gasteiger partial charge in [-0.25, -0.2) is 4.68 Å². The summed E-state index contributed by atoms with van der Waals surface area (Å²) < 4.78 is 6.56. The van der Waals surface area contributed by atoms with E-state index in [2.05, 4.69) is 23.5 Å². The summed E-state index contributed by atoms with van der Waals surface area (Å²) in [6, 6.07) is 6.77. The SMILES string of the molecule is C=CCCCOC(=O)[C@@H]1[C@@H]2CCC3(S2)C(C(=O)N(CC=C)Cn2nnc4ccccc42)N(CCCO)C(=O)[C@H]13. The van der Waals surface area contributed by atoms with Gasteiger partial charge in [-0.1, -0.05) is 29.5 Å². The van der Waals surface area contributed by atoms with Gasteiger partial charge in [0.05, 0.1) is 28.7 Å². The smallest absolute Gasteiger partial charge is 0.310 e. The number of fused-ring (bicyclic) bond motifs is 2. The van der Waals surface area contributed by atoms with E-state index < -0.39 is 22.6 Å². The molecular formula is C28H35N5O5S. The van der Waals surface area contributed by atoms with Crippen LogP contribution in [-0.4, -0.2) is 90.0 Å². The van der Waals surface area contributed by atoms with Gasteiger partial charge in [-0.15, -0.1) is 30.0 Å². The Morgan fingerprint density at radius 1 is 1.26 bits per heavy atom. The highest BCUT2D eigenvalue weighted by Crippen LogP contribution is 2.66. The number of allylic oxidation sites excluding steroid dienone is 1. The third-order valence-corrected chi connectivity index (χ3v) is 10.00. The molecule has 0 saturated carbocycles. The van der Waals surface area contributed by atoms with Gasteiger partial charge in [-0.05, 0) is 44.2 Å². The van der Waals surface area contributed by atoms with E-state index in [0.717, 1.165) is 23.9 Å². The molecule has 3 saturated heterocycles. The van der Waals surface area contributed by atoms with E-state index in [1.54, 1.807) is 38.4 Å². The van der Waals surface area contributed by atoms with Crippen molar-refractivity contribution in [2.45, 2.75) is 54.8 Å². The second-order valence-corrected chi connectivity index (χ2v) is 11.9. The van der Waals surface area contributed by atoms with E-state index in [9.17, 15) is 19.5 Å². The highest BCUT2D eigenvalue weighted by atomic mass is 32.2. The van der Waals surface area contributed by atoms with E-state index in [4.69, 9.17) is 4.74 Å². The maximum atomic E-state index is 14.4. The molecule has 2 aromatic rings. The first-order valence-corrected chi connectivity index (χ1v) is 14.4. The molecule has 1 spiro atoms. The molecular weight excluding hydrogens is 518 g/mol. The van der Waals surface area contributed by atoms with Gasteiger partial charge in [0.2, 0.25) is 11.8 Å². The van der Waals surface area contributed by atoms with Gasteiger partial charge in [0.1, 0.15) is 18.2 Å². The maximum absolute atomic E-state index is 14.4. The molecule has 5 rings (SSSR count). The van der Waals surface area contributed by atoms with Gasteiger partial charge in [0, 0.05) is 24.9 Å². The fourth-order valence-electron chi connectivity index (χ4n) is 6.41. The van der Waals surface area contributed by atoms with Crippen LogP contribution >= 0.6 is 11.8 Å².